The molecule has 136 valence electrons. The summed E-state index contributed by atoms with van der Waals surface area (Å²) in [5, 5.41) is 6.89. The number of aliphatic imine (C=N–C) groups is 1. The van der Waals surface area contributed by atoms with Crippen LogP contribution < -0.4 is 10.6 Å². The number of likely N-dealkylation sites (tertiary alicyclic amines) is 1. The van der Waals surface area contributed by atoms with Gasteiger partial charge in [0.05, 0.1) is 12.5 Å². The highest BCUT2D eigenvalue weighted by atomic mass is 16.3. The van der Waals surface area contributed by atoms with Crippen molar-refractivity contribution in [1.82, 2.24) is 15.5 Å². The normalized spacial score (nSPS) is 18.6. The van der Waals surface area contributed by atoms with Gasteiger partial charge in [0.25, 0.3) is 0 Å². The Morgan fingerprint density at radius 2 is 2.00 bits per heavy atom. The van der Waals surface area contributed by atoms with E-state index in [4.69, 9.17) is 8.83 Å². The molecule has 6 heteroatoms. The molecule has 25 heavy (non-hydrogen) atoms. The van der Waals surface area contributed by atoms with Gasteiger partial charge in [-0.25, -0.2) is 4.99 Å². The maximum atomic E-state index is 5.38. The van der Waals surface area contributed by atoms with Crippen molar-refractivity contribution in [1.29, 1.82) is 0 Å². The van der Waals surface area contributed by atoms with Crippen LogP contribution in [-0.2, 0) is 13.0 Å². The van der Waals surface area contributed by atoms with E-state index < -0.39 is 0 Å². The second-order valence-electron chi connectivity index (χ2n) is 6.31. The summed E-state index contributed by atoms with van der Waals surface area (Å²) in [7, 11) is 0. The molecule has 0 radical (unpaired) electrons. The van der Waals surface area contributed by atoms with Gasteiger partial charge in [0, 0.05) is 25.6 Å². The predicted molar refractivity (Wildman–Crippen MR) is 98.5 cm³/mol. The van der Waals surface area contributed by atoms with Gasteiger partial charge in [0.15, 0.2) is 5.96 Å². The molecular formula is C19H28N4O2. The van der Waals surface area contributed by atoms with E-state index in [1.807, 2.05) is 24.3 Å². The van der Waals surface area contributed by atoms with Crippen molar-refractivity contribution < 1.29 is 8.83 Å². The van der Waals surface area contributed by atoms with Crippen molar-refractivity contribution in [3.63, 3.8) is 0 Å². The summed E-state index contributed by atoms with van der Waals surface area (Å²) < 4.78 is 10.8. The maximum Gasteiger partial charge on any atom is 0.191 e. The largest absolute Gasteiger partial charge is 0.469 e. The van der Waals surface area contributed by atoms with Crippen LogP contribution in [0.15, 0.2) is 50.6 Å². The fourth-order valence-electron chi connectivity index (χ4n) is 3.25. The highest BCUT2D eigenvalue weighted by Crippen LogP contribution is 2.15. The standard InChI is InChI=1S/C19H28N4O2/c1-2-23-11-3-6-16(23)14-21-19(22-15-18-8-5-13-25-18)20-10-9-17-7-4-12-24-17/h4-5,7-8,12-13,16H,2-3,6,9-11,14-15H2,1H3,(H2,20,21,22). The van der Waals surface area contributed by atoms with Gasteiger partial charge < -0.3 is 19.5 Å². The fourth-order valence-corrected chi connectivity index (χ4v) is 3.25. The summed E-state index contributed by atoms with van der Waals surface area (Å²) in [6, 6.07) is 8.33. The van der Waals surface area contributed by atoms with Crippen LogP contribution in [0.4, 0.5) is 0 Å². The second-order valence-corrected chi connectivity index (χ2v) is 6.31. The first-order chi connectivity index (χ1) is 12.3. The number of hydrogen-bond donors (Lipinski definition) is 2. The molecule has 2 aromatic rings. The number of likely N-dealkylation sites (N-methyl/N-ethyl adjacent to an activating group) is 1. The van der Waals surface area contributed by atoms with Crippen LogP contribution in [-0.4, -0.2) is 43.1 Å². The van der Waals surface area contributed by atoms with Crippen molar-refractivity contribution in [2.75, 3.05) is 26.2 Å². The van der Waals surface area contributed by atoms with Crippen molar-refractivity contribution >= 4 is 5.96 Å². The van der Waals surface area contributed by atoms with Crippen LogP contribution in [0.5, 0.6) is 0 Å². The lowest BCUT2D eigenvalue weighted by atomic mass is 10.2. The van der Waals surface area contributed by atoms with Gasteiger partial charge in [-0.05, 0) is 50.2 Å². The minimum atomic E-state index is 0.533. The second kappa shape index (κ2) is 9.32. The van der Waals surface area contributed by atoms with Crippen molar-refractivity contribution in [2.45, 2.75) is 38.8 Å². The Balaban J connectivity index is 1.52. The van der Waals surface area contributed by atoms with Crippen LogP contribution in [0.1, 0.15) is 31.3 Å². The molecule has 0 aliphatic carbocycles. The third-order valence-corrected chi connectivity index (χ3v) is 4.63. The molecule has 1 saturated heterocycles. The Bertz CT molecular complexity index is 622. The Hall–Kier alpha value is -2.21. The minimum absolute atomic E-state index is 0.533. The summed E-state index contributed by atoms with van der Waals surface area (Å²) >= 11 is 0. The number of nitrogens with zero attached hydrogens (tertiary/aromatic N) is 2. The van der Waals surface area contributed by atoms with E-state index in [9.17, 15) is 0 Å². The van der Waals surface area contributed by atoms with Gasteiger partial charge in [-0.1, -0.05) is 6.92 Å². The zero-order chi connectivity index (χ0) is 17.3. The average molecular weight is 344 g/mol. The van der Waals surface area contributed by atoms with Gasteiger partial charge in [-0.3, -0.25) is 4.90 Å². The Morgan fingerprint density at radius 3 is 2.72 bits per heavy atom. The number of guanidine groups is 1. The molecule has 0 bridgehead atoms. The molecule has 1 unspecified atom stereocenters. The van der Waals surface area contributed by atoms with E-state index in [-0.39, 0.29) is 0 Å². The molecule has 1 fully saturated rings. The van der Waals surface area contributed by atoms with E-state index in [1.54, 1.807) is 12.5 Å². The third-order valence-electron chi connectivity index (χ3n) is 4.63. The molecule has 0 spiro atoms. The summed E-state index contributed by atoms with van der Waals surface area (Å²) in [5.74, 6) is 2.67. The Labute approximate surface area is 149 Å². The molecule has 3 heterocycles. The predicted octanol–water partition coefficient (Wildman–Crippen LogP) is 2.63. The topological polar surface area (TPSA) is 65.9 Å². The van der Waals surface area contributed by atoms with Crippen molar-refractivity contribution in [3.05, 3.63) is 48.3 Å². The van der Waals surface area contributed by atoms with Crippen LogP contribution in [0.25, 0.3) is 0 Å². The minimum Gasteiger partial charge on any atom is -0.469 e. The first kappa shape index (κ1) is 17.6. The molecule has 2 N–H and O–H groups in total. The number of furan rings is 2. The fraction of sp³-hybridized carbons (Fsp3) is 0.526. The summed E-state index contributed by atoms with van der Waals surface area (Å²) in [4.78, 5) is 7.18. The van der Waals surface area contributed by atoms with Gasteiger partial charge >= 0.3 is 0 Å². The molecular weight excluding hydrogens is 316 g/mol. The first-order valence-corrected chi connectivity index (χ1v) is 9.16. The SMILES string of the molecule is CCN1CCCC1CNC(=NCc1ccco1)NCCc1ccco1. The molecule has 1 aliphatic heterocycles. The molecule has 6 nitrogen and oxygen atoms in total. The summed E-state index contributed by atoms with van der Waals surface area (Å²) in [6.45, 7) is 6.76. The highest BCUT2D eigenvalue weighted by molar-refractivity contribution is 5.79. The lowest BCUT2D eigenvalue weighted by Gasteiger charge is -2.24. The van der Waals surface area contributed by atoms with Crippen LogP contribution in [0, 0.1) is 0 Å². The molecule has 2 aromatic heterocycles. The quantitative estimate of drug-likeness (QED) is 0.569. The van der Waals surface area contributed by atoms with Crippen LogP contribution in [0.2, 0.25) is 0 Å². The van der Waals surface area contributed by atoms with Gasteiger partial charge in [0.1, 0.15) is 18.1 Å². The zero-order valence-electron chi connectivity index (χ0n) is 14.9. The molecule has 0 amide bonds. The van der Waals surface area contributed by atoms with Gasteiger partial charge in [0.2, 0.25) is 0 Å². The van der Waals surface area contributed by atoms with E-state index >= 15 is 0 Å². The van der Waals surface area contributed by atoms with Gasteiger partial charge in [-0.15, -0.1) is 0 Å². The van der Waals surface area contributed by atoms with Crippen molar-refractivity contribution in [3.8, 4) is 0 Å². The van der Waals surface area contributed by atoms with E-state index in [2.05, 4.69) is 27.4 Å². The maximum absolute atomic E-state index is 5.38. The molecule has 0 saturated carbocycles. The Morgan fingerprint density at radius 1 is 1.20 bits per heavy atom. The Kier molecular flexibility index (Phi) is 6.56. The monoisotopic (exact) mass is 344 g/mol. The van der Waals surface area contributed by atoms with Gasteiger partial charge in [-0.2, -0.15) is 0 Å². The average Bonchev–Trinajstić information content (AvgIpc) is 3.39. The van der Waals surface area contributed by atoms with E-state index in [0.29, 0.717) is 12.6 Å². The molecule has 1 aliphatic rings. The lowest BCUT2D eigenvalue weighted by Crippen LogP contribution is -2.45. The van der Waals surface area contributed by atoms with Crippen molar-refractivity contribution in [2.24, 2.45) is 4.99 Å². The lowest BCUT2D eigenvalue weighted by molar-refractivity contribution is 0.267. The summed E-state index contributed by atoms with van der Waals surface area (Å²) in [5.41, 5.74) is 0. The smallest absolute Gasteiger partial charge is 0.191 e. The van der Waals surface area contributed by atoms with Crippen LogP contribution in [0.3, 0.4) is 0 Å². The summed E-state index contributed by atoms with van der Waals surface area (Å²) in [6.07, 6.45) is 6.75. The van der Waals surface area contributed by atoms with E-state index in [0.717, 1.165) is 43.5 Å². The first-order valence-electron chi connectivity index (χ1n) is 9.16. The highest BCUT2D eigenvalue weighted by Gasteiger charge is 2.22. The molecule has 1 atom stereocenters. The molecule has 3 rings (SSSR count). The number of nitrogens with one attached hydrogen (secondary N) is 2. The third kappa shape index (κ3) is 5.39. The molecule has 0 aromatic carbocycles. The zero-order valence-corrected chi connectivity index (χ0v) is 14.9. The number of hydrogen-bond acceptors (Lipinski definition) is 4. The number of rotatable bonds is 8. The van der Waals surface area contributed by atoms with Crippen LogP contribution >= 0.6 is 0 Å². The van der Waals surface area contributed by atoms with E-state index in [1.165, 1.54) is 19.4 Å².